The molecule has 1 aliphatic rings. The molecule has 0 spiro atoms. The molecule has 0 amide bonds. The number of fused-ring (bicyclic) bond motifs is 1. The molecule has 2 aromatic rings. The maximum absolute atomic E-state index is 4.44. The molecule has 1 aromatic carbocycles. The van der Waals surface area contributed by atoms with Crippen molar-refractivity contribution in [2.24, 2.45) is 0 Å². The van der Waals surface area contributed by atoms with E-state index in [-0.39, 0.29) is 0 Å². The summed E-state index contributed by atoms with van der Waals surface area (Å²) in [6.07, 6.45) is 6.83. The molecule has 1 aliphatic heterocycles. The Balaban J connectivity index is 1.66. The van der Waals surface area contributed by atoms with Crippen LogP contribution in [-0.4, -0.2) is 28.0 Å². The van der Waals surface area contributed by atoms with E-state index in [0.29, 0.717) is 0 Å². The van der Waals surface area contributed by atoms with Crippen LogP contribution in [0, 0.1) is 0 Å². The van der Waals surface area contributed by atoms with Gasteiger partial charge in [-0.1, -0.05) is 42.0 Å². The molecule has 0 atom stereocenters. The van der Waals surface area contributed by atoms with Crippen molar-refractivity contribution >= 4 is 6.08 Å². The quantitative estimate of drug-likeness (QED) is 0.854. The highest BCUT2D eigenvalue weighted by Crippen LogP contribution is 2.16. The minimum Gasteiger partial charge on any atom is -0.293 e. The third-order valence-corrected chi connectivity index (χ3v) is 3.58. The fourth-order valence-electron chi connectivity index (χ4n) is 2.66. The summed E-state index contributed by atoms with van der Waals surface area (Å²) in [4.78, 5) is 11.3. The van der Waals surface area contributed by atoms with Crippen molar-refractivity contribution in [2.45, 2.75) is 19.9 Å². The van der Waals surface area contributed by atoms with Crippen LogP contribution in [0.1, 0.15) is 23.9 Å². The van der Waals surface area contributed by atoms with Gasteiger partial charge >= 0.3 is 0 Å². The van der Waals surface area contributed by atoms with Gasteiger partial charge in [0, 0.05) is 38.4 Å². The molecule has 0 saturated carbocycles. The van der Waals surface area contributed by atoms with E-state index in [2.05, 4.69) is 52.1 Å². The fourth-order valence-corrected chi connectivity index (χ4v) is 2.66. The normalized spacial score (nSPS) is 15.9. The highest BCUT2D eigenvalue weighted by molar-refractivity contribution is 5.52. The average molecular weight is 265 g/mol. The van der Waals surface area contributed by atoms with Crippen LogP contribution in [0.25, 0.3) is 6.08 Å². The van der Waals surface area contributed by atoms with Gasteiger partial charge in [-0.05, 0) is 12.5 Å². The fraction of sp³-hybridized carbons (Fsp3) is 0.294. The van der Waals surface area contributed by atoms with Crippen molar-refractivity contribution in [3.8, 4) is 0 Å². The highest BCUT2D eigenvalue weighted by Gasteiger charge is 2.17. The van der Waals surface area contributed by atoms with Gasteiger partial charge in [-0.3, -0.25) is 14.9 Å². The molecule has 0 unspecified atom stereocenters. The van der Waals surface area contributed by atoms with Gasteiger partial charge in [0.15, 0.2) is 0 Å². The first-order chi connectivity index (χ1) is 9.81. The summed E-state index contributed by atoms with van der Waals surface area (Å²) in [5, 5.41) is 0. The Bertz CT molecular complexity index is 605. The molecule has 0 fully saturated rings. The van der Waals surface area contributed by atoms with Gasteiger partial charge in [0.2, 0.25) is 0 Å². The number of hydrogen-bond donors (Lipinski definition) is 0. The lowest BCUT2D eigenvalue weighted by atomic mass is 10.1. The number of nitrogens with zero attached hydrogens (tertiary/aromatic N) is 3. The van der Waals surface area contributed by atoms with Crippen LogP contribution in [0.3, 0.4) is 0 Å². The van der Waals surface area contributed by atoms with Crippen molar-refractivity contribution in [1.82, 2.24) is 14.9 Å². The molecule has 0 N–H and O–H groups in total. The van der Waals surface area contributed by atoms with Crippen LogP contribution < -0.4 is 0 Å². The first kappa shape index (κ1) is 13.0. The Morgan fingerprint density at radius 2 is 1.90 bits per heavy atom. The van der Waals surface area contributed by atoms with Crippen LogP contribution in [0.5, 0.6) is 0 Å². The molecule has 20 heavy (non-hydrogen) atoms. The van der Waals surface area contributed by atoms with E-state index in [9.17, 15) is 0 Å². The zero-order chi connectivity index (χ0) is 13.8. The monoisotopic (exact) mass is 265 g/mol. The van der Waals surface area contributed by atoms with E-state index in [0.717, 1.165) is 37.4 Å². The van der Waals surface area contributed by atoms with E-state index in [1.165, 1.54) is 11.1 Å². The van der Waals surface area contributed by atoms with Crippen molar-refractivity contribution < 1.29 is 0 Å². The Morgan fingerprint density at radius 1 is 1.15 bits per heavy atom. The van der Waals surface area contributed by atoms with Gasteiger partial charge < -0.3 is 0 Å². The Hall–Kier alpha value is -2.00. The summed E-state index contributed by atoms with van der Waals surface area (Å²) in [7, 11) is 0. The van der Waals surface area contributed by atoms with Gasteiger partial charge in [0.25, 0.3) is 0 Å². The van der Waals surface area contributed by atoms with Crippen LogP contribution in [-0.2, 0) is 13.0 Å². The Morgan fingerprint density at radius 3 is 2.70 bits per heavy atom. The van der Waals surface area contributed by atoms with Gasteiger partial charge in [-0.2, -0.15) is 0 Å². The van der Waals surface area contributed by atoms with Gasteiger partial charge in [-0.25, -0.2) is 0 Å². The summed E-state index contributed by atoms with van der Waals surface area (Å²) >= 11 is 0. The third kappa shape index (κ3) is 3.11. The third-order valence-electron chi connectivity index (χ3n) is 3.58. The molecule has 3 heteroatoms. The zero-order valence-corrected chi connectivity index (χ0v) is 11.8. The van der Waals surface area contributed by atoms with Crippen molar-refractivity contribution in [3.63, 3.8) is 0 Å². The van der Waals surface area contributed by atoms with Crippen molar-refractivity contribution in [2.75, 3.05) is 13.1 Å². The zero-order valence-electron chi connectivity index (χ0n) is 11.8. The van der Waals surface area contributed by atoms with Gasteiger partial charge in [-0.15, -0.1) is 0 Å². The smallest absolute Gasteiger partial charge is 0.0759 e. The van der Waals surface area contributed by atoms with Gasteiger partial charge in [0.05, 0.1) is 11.4 Å². The molecule has 3 nitrogen and oxygen atoms in total. The maximum Gasteiger partial charge on any atom is 0.0759 e. The molecule has 0 aliphatic carbocycles. The highest BCUT2D eigenvalue weighted by atomic mass is 15.1. The van der Waals surface area contributed by atoms with Crippen LogP contribution in [0.4, 0.5) is 0 Å². The predicted octanol–water partition coefficient (Wildman–Crippen LogP) is 2.94. The first-order valence-electron chi connectivity index (χ1n) is 7.04. The lowest BCUT2D eigenvalue weighted by molar-refractivity contribution is 0.269. The second kappa shape index (κ2) is 5.97. The van der Waals surface area contributed by atoms with Crippen LogP contribution in [0.15, 0.2) is 48.3 Å². The lowest BCUT2D eigenvalue weighted by Crippen LogP contribution is -2.32. The van der Waals surface area contributed by atoms with E-state index in [1.54, 1.807) is 12.4 Å². The molecule has 102 valence electrons. The molecule has 1 aromatic heterocycles. The first-order valence-corrected chi connectivity index (χ1v) is 7.04. The number of hydrogen-bond acceptors (Lipinski definition) is 3. The van der Waals surface area contributed by atoms with Gasteiger partial charge in [0.1, 0.15) is 0 Å². The maximum atomic E-state index is 4.44. The Kier molecular flexibility index (Phi) is 3.88. The molecule has 2 heterocycles. The summed E-state index contributed by atoms with van der Waals surface area (Å²) in [5.74, 6) is 0. The number of rotatable bonds is 3. The molecule has 0 bridgehead atoms. The molecule has 0 radical (unpaired) electrons. The van der Waals surface area contributed by atoms with Crippen LogP contribution in [0.2, 0.25) is 0 Å². The summed E-state index contributed by atoms with van der Waals surface area (Å²) in [5.41, 5.74) is 4.94. The summed E-state index contributed by atoms with van der Waals surface area (Å²) in [6.45, 7) is 5.15. The number of aromatic nitrogens is 2. The largest absolute Gasteiger partial charge is 0.293 e. The SMILES string of the molecule is CC(=Cc1ccccc1)CN1CCc2nccnc2C1. The minimum atomic E-state index is 0.906. The standard InChI is InChI=1S/C17H19N3/c1-14(11-15-5-3-2-4-6-15)12-20-10-7-16-17(13-20)19-9-8-18-16/h2-6,8-9,11H,7,10,12-13H2,1H3. The second-order valence-electron chi connectivity index (χ2n) is 5.31. The summed E-state index contributed by atoms with van der Waals surface area (Å²) < 4.78 is 0. The molecular formula is C17H19N3. The van der Waals surface area contributed by atoms with E-state index in [4.69, 9.17) is 0 Å². The lowest BCUT2D eigenvalue weighted by Gasteiger charge is -2.27. The predicted molar refractivity (Wildman–Crippen MR) is 81.1 cm³/mol. The Labute approximate surface area is 120 Å². The molecule has 0 saturated heterocycles. The topological polar surface area (TPSA) is 29.0 Å². The number of benzene rings is 1. The molecular weight excluding hydrogens is 246 g/mol. The second-order valence-corrected chi connectivity index (χ2v) is 5.31. The molecule has 3 rings (SSSR count). The minimum absolute atomic E-state index is 0.906. The van der Waals surface area contributed by atoms with E-state index >= 15 is 0 Å². The van der Waals surface area contributed by atoms with Crippen molar-refractivity contribution in [3.05, 3.63) is 65.2 Å². The van der Waals surface area contributed by atoms with E-state index < -0.39 is 0 Å². The average Bonchev–Trinajstić information content (AvgIpc) is 2.48. The summed E-state index contributed by atoms with van der Waals surface area (Å²) in [6, 6.07) is 10.5. The van der Waals surface area contributed by atoms with Crippen molar-refractivity contribution in [1.29, 1.82) is 0 Å². The van der Waals surface area contributed by atoms with E-state index in [1.807, 2.05) is 6.07 Å². The van der Waals surface area contributed by atoms with Crippen LogP contribution >= 0.6 is 0 Å².